The zero-order valence-electron chi connectivity index (χ0n) is 20.7. The van der Waals surface area contributed by atoms with Gasteiger partial charge in [-0.05, 0) is 29.8 Å². The molecule has 1 spiro atoms. The van der Waals surface area contributed by atoms with Gasteiger partial charge >= 0.3 is 0 Å². The van der Waals surface area contributed by atoms with Crippen molar-refractivity contribution in [3.63, 3.8) is 0 Å². The van der Waals surface area contributed by atoms with Crippen LogP contribution in [0.2, 0.25) is 0 Å². The molecule has 1 fully saturated rings. The molecular weight excluding hydrogens is 472 g/mol. The number of carbonyl (C=O) groups excluding carboxylic acids is 3. The molecule has 0 radical (unpaired) electrons. The van der Waals surface area contributed by atoms with Gasteiger partial charge in [-0.25, -0.2) is 8.78 Å². The van der Waals surface area contributed by atoms with Gasteiger partial charge in [0.05, 0.1) is 12.1 Å². The van der Waals surface area contributed by atoms with Crippen LogP contribution in [0.1, 0.15) is 58.5 Å². The van der Waals surface area contributed by atoms with Crippen molar-refractivity contribution in [1.29, 1.82) is 0 Å². The van der Waals surface area contributed by atoms with Gasteiger partial charge < -0.3 is 4.90 Å². The van der Waals surface area contributed by atoms with Crippen LogP contribution in [0.3, 0.4) is 0 Å². The second-order valence-electron chi connectivity index (χ2n) is 11.0. The van der Waals surface area contributed by atoms with E-state index in [4.69, 9.17) is 0 Å². The molecule has 37 heavy (non-hydrogen) atoms. The molecule has 3 aliphatic rings. The van der Waals surface area contributed by atoms with Gasteiger partial charge in [0.2, 0.25) is 0 Å². The summed E-state index contributed by atoms with van der Waals surface area (Å²) in [4.78, 5) is 44.8. The van der Waals surface area contributed by atoms with Crippen LogP contribution in [0.15, 0.2) is 72.8 Å². The minimum absolute atomic E-state index is 0.145. The van der Waals surface area contributed by atoms with E-state index in [2.05, 4.69) is 0 Å². The highest BCUT2D eigenvalue weighted by atomic mass is 19.1. The summed E-state index contributed by atoms with van der Waals surface area (Å²) in [5.74, 6) is -3.20. The Morgan fingerprint density at radius 1 is 0.892 bits per heavy atom. The van der Waals surface area contributed by atoms with Crippen molar-refractivity contribution in [2.45, 2.75) is 38.8 Å². The van der Waals surface area contributed by atoms with Crippen molar-refractivity contribution in [2.75, 3.05) is 4.90 Å². The summed E-state index contributed by atoms with van der Waals surface area (Å²) in [6.45, 7) is 5.31. The lowest BCUT2D eigenvalue weighted by atomic mass is 9.63. The molecule has 1 saturated heterocycles. The Morgan fingerprint density at radius 2 is 1.51 bits per heavy atom. The highest BCUT2D eigenvalue weighted by Crippen LogP contribution is 2.61. The first-order valence-electron chi connectivity index (χ1n) is 12.3. The monoisotopic (exact) mass is 497 g/mol. The first kappa shape index (κ1) is 23.5. The minimum Gasteiger partial charge on any atom is -0.352 e. The molecule has 0 bridgehead atoms. The van der Waals surface area contributed by atoms with E-state index in [0.717, 1.165) is 0 Å². The van der Waals surface area contributed by atoms with Crippen molar-refractivity contribution in [3.8, 4) is 0 Å². The van der Waals surface area contributed by atoms with Crippen LogP contribution >= 0.6 is 0 Å². The molecule has 186 valence electrons. The van der Waals surface area contributed by atoms with Crippen LogP contribution in [0.4, 0.5) is 14.5 Å². The lowest BCUT2D eigenvalue weighted by Gasteiger charge is -2.38. The van der Waals surface area contributed by atoms with E-state index >= 15 is 4.39 Å². The van der Waals surface area contributed by atoms with Gasteiger partial charge in [-0.3, -0.25) is 14.4 Å². The smallest absolute Gasteiger partial charge is 0.180 e. The van der Waals surface area contributed by atoms with E-state index in [0.29, 0.717) is 11.3 Å². The zero-order chi connectivity index (χ0) is 26.3. The Morgan fingerprint density at radius 3 is 2.14 bits per heavy atom. The summed E-state index contributed by atoms with van der Waals surface area (Å²) in [6.07, 6.45) is 3.39. The molecule has 3 aromatic carbocycles. The van der Waals surface area contributed by atoms with Crippen LogP contribution in [0.25, 0.3) is 6.08 Å². The summed E-state index contributed by atoms with van der Waals surface area (Å²) in [7, 11) is 0. The first-order valence-corrected chi connectivity index (χ1v) is 12.3. The molecule has 1 aliphatic carbocycles. The fourth-order valence-corrected chi connectivity index (χ4v) is 6.46. The van der Waals surface area contributed by atoms with Gasteiger partial charge in [-0.2, -0.15) is 0 Å². The predicted octanol–water partition coefficient (Wildman–Crippen LogP) is 6.01. The van der Waals surface area contributed by atoms with E-state index in [1.165, 1.54) is 18.2 Å². The van der Waals surface area contributed by atoms with E-state index in [1.54, 1.807) is 86.4 Å². The van der Waals surface area contributed by atoms with Crippen LogP contribution in [-0.2, 0) is 4.79 Å². The van der Waals surface area contributed by atoms with E-state index in [1.807, 2.05) is 0 Å². The number of hydrogen-bond acceptors (Lipinski definition) is 4. The summed E-state index contributed by atoms with van der Waals surface area (Å²) in [5.41, 5.74) is -0.879. The van der Waals surface area contributed by atoms with Crippen LogP contribution in [0, 0.1) is 22.5 Å². The van der Waals surface area contributed by atoms with E-state index in [-0.39, 0.29) is 22.5 Å². The van der Waals surface area contributed by atoms with Crippen molar-refractivity contribution in [1.82, 2.24) is 0 Å². The fraction of sp³-hybridized carbons (Fsp3) is 0.258. The summed E-state index contributed by atoms with van der Waals surface area (Å²) in [6, 6.07) is 15.0. The Kier molecular flexibility index (Phi) is 4.94. The molecule has 0 N–H and O–H groups in total. The molecule has 2 heterocycles. The van der Waals surface area contributed by atoms with Gasteiger partial charge in [-0.15, -0.1) is 0 Å². The largest absolute Gasteiger partial charge is 0.352 e. The molecule has 0 aromatic heterocycles. The molecule has 4 nitrogen and oxygen atoms in total. The van der Waals surface area contributed by atoms with Gasteiger partial charge in [-0.1, -0.05) is 75.4 Å². The molecule has 6 rings (SSSR count). The molecule has 0 saturated carbocycles. The van der Waals surface area contributed by atoms with Gasteiger partial charge in [0.25, 0.3) is 0 Å². The number of halogens is 2. The average Bonchev–Trinajstić information content (AvgIpc) is 3.29. The normalized spacial score (nSPS) is 23.3. The Hall–Kier alpha value is -3.93. The van der Waals surface area contributed by atoms with Gasteiger partial charge in [0, 0.05) is 33.7 Å². The maximum absolute atomic E-state index is 15.6. The Bertz CT molecular complexity index is 1500. The quantitative estimate of drug-likeness (QED) is 0.407. The molecule has 3 aromatic rings. The number of carbonyl (C=O) groups is 3. The number of anilines is 1. The molecule has 0 unspecified atom stereocenters. The number of Topliss-reactive ketones (excluding diaryl/α,β-unsaturated/α-hetero) is 3. The van der Waals surface area contributed by atoms with Crippen molar-refractivity contribution < 1.29 is 23.2 Å². The fourth-order valence-electron chi connectivity index (χ4n) is 6.46. The number of fused-ring (bicyclic) bond motifs is 5. The molecular formula is C31H25F2NO3. The van der Waals surface area contributed by atoms with Crippen molar-refractivity contribution in [3.05, 3.63) is 107 Å². The lowest BCUT2D eigenvalue weighted by Crippen LogP contribution is -2.49. The summed E-state index contributed by atoms with van der Waals surface area (Å²) in [5, 5.41) is 0. The van der Waals surface area contributed by atoms with E-state index in [9.17, 15) is 18.8 Å². The molecule has 3 atom stereocenters. The first-order chi connectivity index (χ1) is 17.6. The summed E-state index contributed by atoms with van der Waals surface area (Å²) >= 11 is 0. The highest BCUT2D eigenvalue weighted by molar-refractivity contribution is 6.32. The second kappa shape index (κ2) is 7.78. The highest BCUT2D eigenvalue weighted by Gasteiger charge is 2.72. The second-order valence-corrected chi connectivity index (χ2v) is 11.0. The number of hydrogen-bond donors (Lipinski definition) is 0. The predicted molar refractivity (Wildman–Crippen MR) is 137 cm³/mol. The summed E-state index contributed by atoms with van der Waals surface area (Å²) < 4.78 is 29.8. The topological polar surface area (TPSA) is 54.5 Å². The van der Waals surface area contributed by atoms with Crippen LogP contribution in [0.5, 0.6) is 0 Å². The zero-order valence-corrected chi connectivity index (χ0v) is 20.7. The third-order valence-corrected chi connectivity index (χ3v) is 8.01. The number of rotatable bonds is 2. The maximum Gasteiger partial charge on any atom is 0.180 e. The van der Waals surface area contributed by atoms with Gasteiger partial charge in [0.15, 0.2) is 17.3 Å². The number of nitrogens with zero attached hydrogens (tertiary/aromatic N) is 1. The van der Waals surface area contributed by atoms with Crippen molar-refractivity contribution in [2.24, 2.45) is 10.8 Å². The molecule has 0 amide bonds. The Labute approximate surface area is 213 Å². The Balaban J connectivity index is 1.72. The lowest BCUT2D eigenvalue weighted by molar-refractivity contribution is -0.127. The third kappa shape index (κ3) is 3.02. The SMILES string of the molecule is CC(C)(C)C(=O)[C@@H]1[C@H](c2ccccc2F)C2(C(=O)c3ccccc3C2=O)[C@H]2C=Cc3cc(F)ccc3N12. The van der Waals surface area contributed by atoms with E-state index < -0.39 is 52.0 Å². The molecule has 2 aliphatic heterocycles. The van der Waals surface area contributed by atoms with Crippen molar-refractivity contribution >= 4 is 29.1 Å². The van der Waals surface area contributed by atoms with Gasteiger partial charge in [0.1, 0.15) is 17.0 Å². The maximum atomic E-state index is 15.6. The number of ketones is 3. The molecule has 6 heteroatoms. The number of benzene rings is 3. The van der Waals surface area contributed by atoms with Crippen LogP contribution < -0.4 is 4.90 Å². The van der Waals surface area contributed by atoms with Crippen LogP contribution in [-0.4, -0.2) is 29.4 Å². The minimum atomic E-state index is -1.76. The average molecular weight is 498 g/mol. The third-order valence-electron chi connectivity index (χ3n) is 8.01. The standard InChI is InChI=1S/C31H25F2NO3/c1-30(2,3)29(37)26-25(21-10-6-7-11-22(21)33)31(27(35)19-8-4-5-9-20(19)28(31)36)24-15-12-17-16-18(32)13-14-23(17)34(24)26/h4-16,24-26H,1-3H3/t24-,25+,26+/m1/s1.